The van der Waals surface area contributed by atoms with Gasteiger partial charge in [-0.1, -0.05) is 42.5 Å². The molecule has 0 amide bonds. The molecule has 3 heteroatoms. The lowest BCUT2D eigenvalue weighted by Crippen LogP contribution is -2.26. The fourth-order valence-electron chi connectivity index (χ4n) is 2.80. The molecule has 1 fully saturated rings. The molecule has 2 nitrogen and oxygen atoms in total. The first-order valence-corrected chi connectivity index (χ1v) is 7.33. The van der Waals surface area contributed by atoms with Gasteiger partial charge in [0.25, 0.3) is 0 Å². The van der Waals surface area contributed by atoms with Crippen LogP contribution < -0.4 is 10.1 Å². The highest BCUT2D eigenvalue weighted by atomic mass is 19.1. The lowest BCUT2D eigenvalue weighted by Gasteiger charge is -2.20. The smallest absolute Gasteiger partial charge is 0.125 e. The predicted molar refractivity (Wildman–Crippen MR) is 82.0 cm³/mol. The van der Waals surface area contributed by atoms with Gasteiger partial charge in [0.05, 0.1) is 0 Å². The van der Waals surface area contributed by atoms with Crippen LogP contribution in [0.5, 0.6) is 5.75 Å². The van der Waals surface area contributed by atoms with E-state index in [1.165, 1.54) is 0 Å². The van der Waals surface area contributed by atoms with Crippen LogP contribution in [0.15, 0.2) is 48.5 Å². The van der Waals surface area contributed by atoms with Crippen molar-refractivity contribution in [2.75, 3.05) is 7.05 Å². The van der Waals surface area contributed by atoms with Crippen molar-refractivity contribution in [3.63, 3.8) is 0 Å². The molecule has 1 aliphatic rings. The lowest BCUT2D eigenvalue weighted by molar-refractivity contribution is 0.296. The average molecular weight is 285 g/mol. The molecule has 21 heavy (non-hydrogen) atoms. The monoisotopic (exact) mass is 285 g/mol. The molecule has 0 atom stereocenters. The zero-order valence-corrected chi connectivity index (χ0v) is 12.2. The quantitative estimate of drug-likeness (QED) is 0.868. The van der Waals surface area contributed by atoms with Gasteiger partial charge in [-0.25, -0.2) is 4.39 Å². The van der Waals surface area contributed by atoms with Crippen molar-refractivity contribution in [1.29, 1.82) is 0 Å². The van der Waals surface area contributed by atoms with Crippen molar-refractivity contribution < 1.29 is 9.13 Å². The SMILES string of the molecule is CNC1(c2cccc(OCc3ccccc3)c2CF)CC1. The van der Waals surface area contributed by atoms with Gasteiger partial charge in [-0.15, -0.1) is 0 Å². The molecule has 110 valence electrons. The van der Waals surface area contributed by atoms with Gasteiger partial charge < -0.3 is 10.1 Å². The number of rotatable bonds is 6. The Bertz CT molecular complexity index is 608. The van der Waals surface area contributed by atoms with E-state index < -0.39 is 6.67 Å². The molecular weight excluding hydrogens is 265 g/mol. The number of alkyl halides is 1. The minimum atomic E-state index is -0.496. The first-order chi connectivity index (χ1) is 10.3. The number of nitrogens with one attached hydrogen (secondary N) is 1. The maximum Gasteiger partial charge on any atom is 0.125 e. The second kappa shape index (κ2) is 5.86. The van der Waals surface area contributed by atoms with Crippen LogP contribution in [0.3, 0.4) is 0 Å². The van der Waals surface area contributed by atoms with E-state index in [1.54, 1.807) is 0 Å². The first kappa shape index (κ1) is 14.1. The normalized spacial score (nSPS) is 15.7. The third kappa shape index (κ3) is 2.79. The van der Waals surface area contributed by atoms with Crippen LogP contribution in [0.4, 0.5) is 4.39 Å². The molecule has 3 rings (SSSR count). The van der Waals surface area contributed by atoms with Crippen molar-refractivity contribution in [2.24, 2.45) is 0 Å². The summed E-state index contributed by atoms with van der Waals surface area (Å²) in [7, 11) is 1.94. The second-order valence-electron chi connectivity index (χ2n) is 5.52. The second-order valence-corrected chi connectivity index (χ2v) is 5.52. The van der Waals surface area contributed by atoms with E-state index in [-0.39, 0.29) is 5.54 Å². The maximum atomic E-state index is 13.6. The van der Waals surface area contributed by atoms with Crippen LogP contribution in [-0.4, -0.2) is 7.05 Å². The summed E-state index contributed by atoms with van der Waals surface area (Å²) in [5.41, 5.74) is 2.76. The molecule has 1 N–H and O–H groups in total. The topological polar surface area (TPSA) is 21.3 Å². The van der Waals surface area contributed by atoms with Crippen LogP contribution in [0.2, 0.25) is 0 Å². The van der Waals surface area contributed by atoms with Crippen LogP contribution in [0.25, 0.3) is 0 Å². The van der Waals surface area contributed by atoms with Crippen LogP contribution in [0.1, 0.15) is 29.5 Å². The Hall–Kier alpha value is -1.87. The molecule has 0 aromatic heterocycles. The van der Waals surface area contributed by atoms with Crippen molar-refractivity contribution in [1.82, 2.24) is 5.32 Å². The van der Waals surface area contributed by atoms with Crippen molar-refractivity contribution in [2.45, 2.75) is 31.7 Å². The van der Waals surface area contributed by atoms with E-state index in [0.717, 1.165) is 24.0 Å². The summed E-state index contributed by atoms with van der Waals surface area (Å²) in [5.74, 6) is 0.653. The molecule has 2 aromatic carbocycles. The van der Waals surface area contributed by atoms with Crippen molar-refractivity contribution >= 4 is 0 Å². The zero-order chi connectivity index (χ0) is 14.7. The van der Waals surface area contributed by atoms with Gasteiger partial charge in [-0.3, -0.25) is 0 Å². The Kier molecular flexibility index (Phi) is 3.93. The summed E-state index contributed by atoms with van der Waals surface area (Å²) in [5, 5.41) is 3.32. The molecular formula is C18H20FNO. The van der Waals surface area contributed by atoms with Gasteiger partial charge in [0.2, 0.25) is 0 Å². The first-order valence-electron chi connectivity index (χ1n) is 7.33. The molecule has 0 bridgehead atoms. The maximum absolute atomic E-state index is 13.6. The number of hydrogen-bond donors (Lipinski definition) is 1. The van der Waals surface area contributed by atoms with Gasteiger partial charge in [0, 0.05) is 11.1 Å². The Balaban J connectivity index is 1.84. The summed E-state index contributed by atoms with van der Waals surface area (Å²) in [6.45, 7) is -0.0342. The van der Waals surface area contributed by atoms with Crippen LogP contribution in [-0.2, 0) is 18.8 Å². The Morgan fingerprint density at radius 2 is 1.86 bits per heavy atom. The van der Waals surface area contributed by atoms with Crippen molar-refractivity contribution in [3.8, 4) is 5.75 Å². The summed E-state index contributed by atoms with van der Waals surface area (Å²) in [6, 6.07) is 15.8. The molecule has 1 aliphatic carbocycles. The highest BCUT2D eigenvalue weighted by Gasteiger charge is 2.44. The molecule has 1 saturated carbocycles. The van der Waals surface area contributed by atoms with Crippen LogP contribution >= 0.6 is 0 Å². The van der Waals surface area contributed by atoms with Crippen LogP contribution in [0, 0.1) is 0 Å². The van der Waals surface area contributed by atoms with E-state index >= 15 is 0 Å². The number of halogens is 1. The molecule has 0 saturated heterocycles. The summed E-state index contributed by atoms with van der Waals surface area (Å²) < 4.78 is 19.4. The zero-order valence-electron chi connectivity index (χ0n) is 12.2. The van der Waals surface area contributed by atoms with Gasteiger partial charge in [0.15, 0.2) is 0 Å². The molecule has 0 spiro atoms. The minimum Gasteiger partial charge on any atom is -0.489 e. The van der Waals surface area contributed by atoms with E-state index in [0.29, 0.717) is 17.9 Å². The lowest BCUT2D eigenvalue weighted by atomic mass is 9.98. The molecule has 0 heterocycles. The standard InChI is InChI=1S/C18H20FNO/c1-20-18(10-11-18)16-8-5-9-17(15(16)12-19)21-13-14-6-3-2-4-7-14/h2-9,20H,10-13H2,1H3. The fraction of sp³-hybridized carbons (Fsp3) is 0.333. The predicted octanol–water partition coefficient (Wildman–Crippen LogP) is 3.94. The highest BCUT2D eigenvalue weighted by Crippen LogP contribution is 2.48. The van der Waals surface area contributed by atoms with Crippen molar-refractivity contribution in [3.05, 3.63) is 65.2 Å². The van der Waals surface area contributed by atoms with Gasteiger partial charge >= 0.3 is 0 Å². The summed E-state index contributed by atoms with van der Waals surface area (Å²) in [4.78, 5) is 0. The Morgan fingerprint density at radius 1 is 1.10 bits per heavy atom. The average Bonchev–Trinajstić information content (AvgIpc) is 3.34. The largest absolute Gasteiger partial charge is 0.489 e. The summed E-state index contributed by atoms with van der Waals surface area (Å²) in [6.07, 6.45) is 2.11. The number of benzene rings is 2. The molecule has 0 radical (unpaired) electrons. The van der Waals surface area contributed by atoms with Gasteiger partial charge in [-0.2, -0.15) is 0 Å². The fourth-order valence-corrected chi connectivity index (χ4v) is 2.80. The minimum absolute atomic E-state index is 0.0481. The number of hydrogen-bond acceptors (Lipinski definition) is 2. The van der Waals surface area contributed by atoms with E-state index in [1.807, 2.05) is 55.6 Å². The van der Waals surface area contributed by atoms with E-state index in [9.17, 15) is 4.39 Å². The third-order valence-corrected chi connectivity index (χ3v) is 4.25. The summed E-state index contributed by atoms with van der Waals surface area (Å²) >= 11 is 0. The molecule has 2 aromatic rings. The number of ether oxygens (including phenoxy) is 1. The van der Waals surface area contributed by atoms with E-state index in [4.69, 9.17) is 4.74 Å². The molecule has 0 aliphatic heterocycles. The van der Waals surface area contributed by atoms with Gasteiger partial charge in [0.1, 0.15) is 19.0 Å². The Labute approximate surface area is 125 Å². The van der Waals surface area contributed by atoms with E-state index in [2.05, 4.69) is 5.32 Å². The molecule has 0 unspecified atom stereocenters. The third-order valence-electron chi connectivity index (χ3n) is 4.25. The highest BCUT2D eigenvalue weighted by molar-refractivity contribution is 5.46. The van der Waals surface area contributed by atoms with Gasteiger partial charge in [-0.05, 0) is 37.1 Å². The Morgan fingerprint density at radius 3 is 2.48 bits per heavy atom.